The second-order valence-corrected chi connectivity index (χ2v) is 8.25. The molecule has 0 atom stereocenters. The molecule has 118 valence electrons. The highest BCUT2D eigenvalue weighted by Gasteiger charge is 2.28. The van der Waals surface area contributed by atoms with Crippen molar-refractivity contribution in [3.8, 4) is 16.9 Å². The number of hydrogen-bond donors (Lipinski definition) is 1. The maximum Gasteiger partial charge on any atom is 0.142 e. The molecule has 0 aliphatic heterocycles. The molecule has 1 nitrogen and oxygen atoms in total. The zero-order valence-corrected chi connectivity index (χ0v) is 14.8. The van der Waals surface area contributed by atoms with Crippen molar-refractivity contribution in [3.05, 3.63) is 53.1 Å². The minimum atomic E-state index is -0.0148. The SMILES string of the molecule is CC(C)(C)CC(C)(C)c1cc(Cl)c(O)c(-c2ccccc2)c1. The molecule has 0 aromatic heterocycles. The molecule has 2 aromatic carbocycles. The van der Waals surface area contributed by atoms with Gasteiger partial charge in [-0.05, 0) is 40.5 Å². The Balaban J connectivity index is 2.54. The van der Waals surface area contributed by atoms with Gasteiger partial charge in [0.25, 0.3) is 0 Å². The van der Waals surface area contributed by atoms with Crippen LogP contribution >= 0.6 is 11.6 Å². The Kier molecular flexibility index (Phi) is 4.58. The molecular formula is C20H25ClO. The molecule has 2 aromatic rings. The standard InChI is InChI=1S/C20H25ClO/c1-19(2,3)13-20(4,5)15-11-16(18(22)17(21)12-15)14-9-7-6-8-10-14/h6-12,22H,13H2,1-5H3. The minimum Gasteiger partial charge on any atom is -0.506 e. The van der Waals surface area contributed by atoms with E-state index in [9.17, 15) is 5.11 Å². The van der Waals surface area contributed by atoms with Crippen molar-refractivity contribution < 1.29 is 5.11 Å². The smallest absolute Gasteiger partial charge is 0.142 e. The molecule has 0 aliphatic rings. The van der Waals surface area contributed by atoms with Crippen molar-refractivity contribution in [2.45, 2.75) is 46.5 Å². The number of halogens is 1. The van der Waals surface area contributed by atoms with E-state index >= 15 is 0 Å². The molecule has 0 bridgehead atoms. The van der Waals surface area contributed by atoms with Crippen LogP contribution in [0.2, 0.25) is 5.02 Å². The molecule has 0 spiro atoms. The number of benzene rings is 2. The monoisotopic (exact) mass is 316 g/mol. The summed E-state index contributed by atoms with van der Waals surface area (Å²) in [5.41, 5.74) is 3.14. The third kappa shape index (κ3) is 3.84. The summed E-state index contributed by atoms with van der Waals surface area (Å²) in [6.07, 6.45) is 1.04. The Hall–Kier alpha value is -1.47. The van der Waals surface area contributed by atoms with E-state index in [0.717, 1.165) is 23.1 Å². The fourth-order valence-corrected chi connectivity index (χ4v) is 3.47. The van der Waals surface area contributed by atoms with Crippen LogP contribution in [0.1, 0.15) is 46.6 Å². The first-order chi connectivity index (χ1) is 10.1. The molecule has 0 fully saturated rings. The minimum absolute atomic E-state index is 0.0148. The predicted molar refractivity (Wildman–Crippen MR) is 95.7 cm³/mol. The van der Waals surface area contributed by atoms with E-state index in [1.807, 2.05) is 36.4 Å². The van der Waals surface area contributed by atoms with Gasteiger partial charge in [-0.2, -0.15) is 0 Å². The van der Waals surface area contributed by atoms with Crippen molar-refractivity contribution in [2.24, 2.45) is 5.41 Å². The lowest BCUT2D eigenvalue weighted by Crippen LogP contribution is -2.24. The van der Waals surface area contributed by atoms with Gasteiger partial charge in [0.2, 0.25) is 0 Å². The maximum atomic E-state index is 10.3. The zero-order chi connectivity index (χ0) is 16.5. The first-order valence-electron chi connectivity index (χ1n) is 7.69. The van der Waals surface area contributed by atoms with Crippen molar-refractivity contribution in [3.63, 3.8) is 0 Å². The topological polar surface area (TPSA) is 20.2 Å². The number of rotatable bonds is 3. The van der Waals surface area contributed by atoms with E-state index in [4.69, 9.17) is 11.6 Å². The average molecular weight is 317 g/mol. The normalized spacial score (nSPS) is 12.5. The fourth-order valence-electron chi connectivity index (χ4n) is 3.26. The van der Waals surface area contributed by atoms with Crippen LogP contribution < -0.4 is 0 Å². The summed E-state index contributed by atoms with van der Waals surface area (Å²) in [5, 5.41) is 10.8. The Labute approximate surface area is 139 Å². The van der Waals surface area contributed by atoms with Crippen LogP contribution in [0.3, 0.4) is 0 Å². The van der Waals surface area contributed by atoms with Crippen molar-refractivity contribution >= 4 is 11.6 Å². The second-order valence-electron chi connectivity index (χ2n) is 7.84. The van der Waals surface area contributed by atoms with Crippen molar-refractivity contribution in [1.29, 1.82) is 0 Å². The molecule has 2 heteroatoms. The van der Waals surface area contributed by atoms with Gasteiger partial charge in [0.05, 0.1) is 5.02 Å². The lowest BCUT2D eigenvalue weighted by Gasteiger charge is -2.33. The average Bonchev–Trinajstić information content (AvgIpc) is 2.40. The molecule has 0 radical (unpaired) electrons. The van der Waals surface area contributed by atoms with Crippen LogP contribution in [0.15, 0.2) is 42.5 Å². The Bertz CT molecular complexity index is 651. The highest BCUT2D eigenvalue weighted by molar-refractivity contribution is 6.32. The molecule has 2 rings (SSSR count). The summed E-state index contributed by atoms with van der Waals surface area (Å²) in [7, 11) is 0. The fraction of sp³-hybridized carbons (Fsp3) is 0.400. The van der Waals surface area contributed by atoms with Crippen LogP contribution in [0.25, 0.3) is 11.1 Å². The molecule has 0 saturated heterocycles. The van der Waals surface area contributed by atoms with E-state index in [0.29, 0.717) is 5.02 Å². The highest BCUT2D eigenvalue weighted by Crippen LogP contribution is 2.42. The zero-order valence-electron chi connectivity index (χ0n) is 14.1. The molecule has 1 N–H and O–H groups in total. The number of aromatic hydroxyl groups is 1. The Morgan fingerprint density at radius 1 is 0.955 bits per heavy atom. The van der Waals surface area contributed by atoms with Crippen LogP contribution in [0.5, 0.6) is 5.75 Å². The predicted octanol–water partition coefficient (Wildman–Crippen LogP) is 6.43. The summed E-state index contributed by atoms with van der Waals surface area (Å²) in [6.45, 7) is 11.2. The number of hydrogen-bond acceptors (Lipinski definition) is 1. The van der Waals surface area contributed by atoms with E-state index in [-0.39, 0.29) is 16.6 Å². The van der Waals surface area contributed by atoms with Gasteiger partial charge in [0.15, 0.2) is 0 Å². The van der Waals surface area contributed by atoms with Gasteiger partial charge in [0.1, 0.15) is 5.75 Å². The van der Waals surface area contributed by atoms with E-state index in [1.165, 1.54) is 0 Å². The third-order valence-electron chi connectivity index (χ3n) is 3.90. The molecule has 0 amide bonds. The molecular weight excluding hydrogens is 292 g/mol. The Morgan fingerprint density at radius 3 is 2.09 bits per heavy atom. The van der Waals surface area contributed by atoms with Crippen LogP contribution in [0, 0.1) is 5.41 Å². The van der Waals surface area contributed by atoms with Gasteiger partial charge in [-0.25, -0.2) is 0 Å². The van der Waals surface area contributed by atoms with Crippen LogP contribution in [-0.4, -0.2) is 5.11 Å². The van der Waals surface area contributed by atoms with Gasteiger partial charge in [0, 0.05) is 5.56 Å². The van der Waals surface area contributed by atoms with Gasteiger partial charge in [-0.1, -0.05) is 76.6 Å². The van der Waals surface area contributed by atoms with Crippen molar-refractivity contribution in [2.75, 3.05) is 0 Å². The van der Waals surface area contributed by atoms with Gasteiger partial charge >= 0.3 is 0 Å². The van der Waals surface area contributed by atoms with E-state index < -0.39 is 0 Å². The molecule has 22 heavy (non-hydrogen) atoms. The lowest BCUT2D eigenvalue weighted by molar-refractivity contribution is 0.284. The van der Waals surface area contributed by atoms with Crippen molar-refractivity contribution in [1.82, 2.24) is 0 Å². The summed E-state index contributed by atoms with van der Waals surface area (Å²) in [5.74, 6) is 0.156. The summed E-state index contributed by atoms with van der Waals surface area (Å²) in [4.78, 5) is 0. The summed E-state index contributed by atoms with van der Waals surface area (Å²) in [6, 6.07) is 13.9. The first-order valence-corrected chi connectivity index (χ1v) is 8.06. The molecule has 0 heterocycles. The van der Waals surface area contributed by atoms with Crippen LogP contribution in [0.4, 0.5) is 0 Å². The summed E-state index contributed by atoms with van der Waals surface area (Å²) >= 11 is 6.30. The second kappa shape index (κ2) is 5.96. The number of phenols is 1. The quantitative estimate of drug-likeness (QED) is 0.692. The molecule has 0 saturated carbocycles. The van der Waals surface area contributed by atoms with Gasteiger partial charge < -0.3 is 5.11 Å². The van der Waals surface area contributed by atoms with E-state index in [1.54, 1.807) is 0 Å². The van der Waals surface area contributed by atoms with E-state index in [2.05, 4.69) is 40.7 Å². The lowest BCUT2D eigenvalue weighted by atomic mass is 9.72. The van der Waals surface area contributed by atoms with Gasteiger partial charge in [-0.3, -0.25) is 0 Å². The largest absolute Gasteiger partial charge is 0.506 e. The third-order valence-corrected chi connectivity index (χ3v) is 4.19. The summed E-state index contributed by atoms with van der Waals surface area (Å²) < 4.78 is 0. The molecule has 0 unspecified atom stereocenters. The number of phenolic OH excluding ortho intramolecular Hbond substituents is 1. The first kappa shape index (κ1) is 16.9. The van der Waals surface area contributed by atoms with Crippen LogP contribution in [-0.2, 0) is 5.41 Å². The Morgan fingerprint density at radius 2 is 1.55 bits per heavy atom. The molecule has 0 aliphatic carbocycles. The highest BCUT2D eigenvalue weighted by atomic mass is 35.5. The van der Waals surface area contributed by atoms with Gasteiger partial charge in [-0.15, -0.1) is 0 Å². The maximum absolute atomic E-state index is 10.3.